The fraction of sp³-hybridized carbons (Fsp3) is 0.267. The summed E-state index contributed by atoms with van der Waals surface area (Å²) in [7, 11) is 0. The summed E-state index contributed by atoms with van der Waals surface area (Å²) in [6.07, 6.45) is 1.06. The lowest BCUT2D eigenvalue weighted by Gasteiger charge is -2.26. The lowest BCUT2D eigenvalue weighted by atomic mass is 10.2. The van der Waals surface area contributed by atoms with Gasteiger partial charge in [0.2, 0.25) is 0 Å². The Bertz CT molecular complexity index is 698. The number of anilines is 1. The van der Waals surface area contributed by atoms with Crippen LogP contribution in [0, 0.1) is 0 Å². The van der Waals surface area contributed by atoms with Crippen molar-refractivity contribution in [2.75, 3.05) is 11.4 Å². The van der Waals surface area contributed by atoms with Crippen LogP contribution >= 0.6 is 38.9 Å². The molecule has 110 valence electrons. The number of guanidine groups is 1. The second kappa shape index (κ2) is 5.99. The molecule has 0 radical (unpaired) electrons. The minimum Gasteiger partial charge on any atom is -0.369 e. The highest BCUT2D eigenvalue weighted by Crippen LogP contribution is 2.37. The molecule has 1 aliphatic heterocycles. The minimum atomic E-state index is 0.170. The maximum absolute atomic E-state index is 6.10. The first kappa shape index (κ1) is 14.9. The van der Waals surface area contributed by atoms with Crippen LogP contribution in [0.5, 0.6) is 0 Å². The number of aryl methyl sites for hydroxylation is 1. The Balaban J connectivity index is 1.96. The first-order valence-corrected chi connectivity index (χ1v) is 8.71. The summed E-state index contributed by atoms with van der Waals surface area (Å²) < 4.78 is 0.862. The molecule has 0 saturated carbocycles. The van der Waals surface area contributed by atoms with Crippen molar-refractivity contribution in [3.63, 3.8) is 0 Å². The standard InChI is InChI=1S/C15H15BrClN3S/c1-2-10-4-6-14(21-10)13-8-19-15(18)20(13)9-3-5-12(17)11(16)7-9/h3-7,13H,2,8H2,1H3,(H2,18,19). The van der Waals surface area contributed by atoms with Crippen molar-refractivity contribution in [2.45, 2.75) is 19.4 Å². The SMILES string of the molecule is CCc1ccc(C2CN=C(N)N2c2ccc(Cl)c(Br)c2)s1. The third kappa shape index (κ3) is 2.82. The largest absolute Gasteiger partial charge is 0.369 e. The fourth-order valence-corrected chi connectivity index (χ4v) is 3.94. The van der Waals surface area contributed by atoms with Gasteiger partial charge in [-0.2, -0.15) is 0 Å². The molecule has 1 aromatic heterocycles. The molecule has 0 fully saturated rings. The molecule has 0 aliphatic carbocycles. The van der Waals surface area contributed by atoms with E-state index in [0.29, 0.717) is 17.5 Å². The summed E-state index contributed by atoms with van der Waals surface area (Å²) in [6.45, 7) is 2.86. The quantitative estimate of drug-likeness (QED) is 0.840. The molecule has 3 nitrogen and oxygen atoms in total. The zero-order valence-corrected chi connectivity index (χ0v) is 14.7. The highest BCUT2D eigenvalue weighted by molar-refractivity contribution is 9.10. The molecule has 1 aliphatic rings. The predicted octanol–water partition coefficient (Wildman–Crippen LogP) is 4.60. The lowest BCUT2D eigenvalue weighted by Crippen LogP contribution is -2.35. The summed E-state index contributed by atoms with van der Waals surface area (Å²) >= 11 is 11.4. The second-order valence-corrected chi connectivity index (χ2v) is 7.30. The maximum atomic E-state index is 6.10. The molecular weight excluding hydrogens is 370 g/mol. The van der Waals surface area contributed by atoms with Gasteiger partial charge < -0.3 is 10.6 Å². The molecule has 1 aromatic carbocycles. The van der Waals surface area contributed by atoms with Crippen molar-refractivity contribution >= 4 is 50.5 Å². The van der Waals surface area contributed by atoms with E-state index in [2.05, 4.69) is 44.9 Å². The van der Waals surface area contributed by atoms with Gasteiger partial charge in [-0.3, -0.25) is 4.99 Å². The number of rotatable bonds is 3. The van der Waals surface area contributed by atoms with Crippen LogP contribution in [0.3, 0.4) is 0 Å². The number of benzene rings is 1. The number of hydrogen-bond donors (Lipinski definition) is 1. The molecule has 0 bridgehead atoms. The van der Waals surface area contributed by atoms with Crippen LogP contribution in [0.1, 0.15) is 22.7 Å². The summed E-state index contributed by atoms with van der Waals surface area (Å²) in [5.74, 6) is 0.556. The van der Waals surface area contributed by atoms with Crippen LogP contribution in [-0.2, 0) is 6.42 Å². The third-order valence-corrected chi connectivity index (χ3v) is 6.07. The third-order valence-electron chi connectivity index (χ3n) is 3.53. The molecule has 2 heterocycles. The van der Waals surface area contributed by atoms with Gasteiger partial charge in [-0.15, -0.1) is 11.3 Å². The van der Waals surface area contributed by atoms with E-state index < -0.39 is 0 Å². The van der Waals surface area contributed by atoms with Crippen LogP contribution < -0.4 is 10.6 Å². The molecule has 0 amide bonds. The Morgan fingerprint density at radius 1 is 1.43 bits per heavy atom. The van der Waals surface area contributed by atoms with Crippen LogP contribution in [-0.4, -0.2) is 12.5 Å². The maximum Gasteiger partial charge on any atom is 0.196 e. The number of nitrogens with zero attached hydrogens (tertiary/aromatic N) is 2. The molecule has 6 heteroatoms. The number of aliphatic imine (C=N–C) groups is 1. The van der Waals surface area contributed by atoms with E-state index in [4.69, 9.17) is 17.3 Å². The Morgan fingerprint density at radius 3 is 2.90 bits per heavy atom. The van der Waals surface area contributed by atoms with Crippen molar-refractivity contribution in [2.24, 2.45) is 10.7 Å². The first-order chi connectivity index (χ1) is 10.1. The van der Waals surface area contributed by atoms with Crippen molar-refractivity contribution in [1.82, 2.24) is 0 Å². The van der Waals surface area contributed by atoms with Crippen LogP contribution in [0.25, 0.3) is 0 Å². The van der Waals surface area contributed by atoms with Gasteiger partial charge in [0.1, 0.15) is 0 Å². The molecule has 0 spiro atoms. The summed E-state index contributed by atoms with van der Waals surface area (Å²) in [6, 6.07) is 10.4. The average molecular weight is 385 g/mol. The number of halogens is 2. The van der Waals surface area contributed by atoms with Gasteiger partial charge in [0.15, 0.2) is 5.96 Å². The van der Waals surface area contributed by atoms with E-state index in [9.17, 15) is 0 Å². The minimum absolute atomic E-state index is 0.170. The predicted molar refractivity (Wildman–Crippen MR) is 94.6 cm³/mol. The van der Waals surface area contributed by atoms with Crippen LogP contribution in [0.15, 0.2) is 39.8 Å². The Morgan fingerprint density at radius 2 is 2.24 bits per heavy atom. The van der Waals surface area contributed by atoms with E-state index >= 15 is 0 Å². The van der Waals surface area contributed by atoms with Gasteiger partial charge in [0.05, 0.1) is 17.6 Å². The highest BCUT2D eigenvalue weighted by atomic mass is 79.9. The molecule has 1 unspecified atom stereocenters. The smallest absolute Gasteiger partial charge is 0.196 e. The average Bonchev–Trinajstić information content (AvgIpc) is 3.08. The zero-order valence-electron chi connectivity index (χ0n) is 11.5. The fourth-order valence-electron chi connectivity index (χ4n) is 2.43. The van der Waals surface area contributed by atoms with Gasteiger partial charge >= 0.3 is 0 Å². The highest BCUT2D eigenvalue weighted by Gasteiger charge is 2.30. The number of thiophene rings is 1. The monoisotopic (exact) mass is 383 g/mol. The van der Waals surface area contributed by atoms with E-state index in [-0.39, 0.29) is 6.04 Å². The van der Waals surface area contributed by atoms with Crippen LogP contribution in [0.2, 0.25) is 5.02 Å². The van der Waals surface area contributed by atoms with Crippen molar-refractivity contribution in [1.29, 1.82) is 0 Å². The second-order valence-electron chi connectivity index (χ2n) is 4.84. The summed E-state index contributed by atoms with van der Waals surface area (Å²) in [5, 5.41) is 0.689. The Labute approximate surface area is 141 Å². The summed E-state index contributed by atoms with van der Waals surface area (Å²) in [5.41, 5.74) is 7.10. The van der Waals surface area contributed by atoms with E-state index in [0.717, 1.165) is 16.6 Å². The van der Waals surface area contributed by atoms with Gasteiger partial charge in [0.25, 0.3) is 0 Å². The molecule has 2 aromatic rings. The first-order valence-electron chi connectivity index (χ1n) is 6.73. The van der Waals surface area contributed by atoms with E-state index in [1.165, 1.54) is 9.75 Å². The Hall–Kier alpha value is -1.04. The normalized spacial score (nSPS) is 18.1. The van der Waals surface area contributed by atoms with E-state index in [1.807, 2.05) is 29.5 Å². The number of hydrogen-bond acceptors (Lipinski definition) is 4. The zero-order chi connectivity index (χ0) is 15.0. The topological polar surface area (TPSA) is 41.6 Å². The lowest BCUT2D eigenvalue weighted by molar-refractivity contribution is 0.784. The summed E-state index contributed by atoms with van der Waals surface area (Å²) in [4.78, 5) is 9.17. The van der Waals surface area contributed by atoms with Crippen LogP contribution in [0.4, 0.5) is 5.69 Å². The molecule has 1 atom stereocenters. The molecule has 0 saturated heterocycles. The molecule has 2 N–H and O–H groups in total. The Kier molecular flexibility index (Phi) is 4.24. The van der Waals surface area contributed by atoms with Crippen molar-refractivity contribution in [3.8, 4) is 0 Å². The van der Waals surface area contributed by atoms with Gasteiger partial charge in [-0.25, -0.2) is 0 Å². The van der Waals surface area contributed by atoms with Gasteiger partial charge in [-0.1, -0.05) is 18.5 Å². The van der Waals surface area contributed by atoms with Crippen molar-refractivity contribution in [3.05, 3.63) is 49.6 Å². The van der Waals surface area contributed by atoms with Crippen molar-refractivity contribution < 1.29 is 0 Å². The van der Waals surface area contributed by atoms with Gasteiger partial charge in [0, 0.05) is 19.9 Å². The molecular formula is C15H15BrClN3S. The molecule has 21 heavy (non-hydrogen) atoms. The van der Waals surface area contributed by atoms with Gasteiger partial charge in [-0.05, 0) is 52.7 Å². The number of nitrogens with two attached hydrogens (primary N) is 1. The molecule has 3 rings (SSSR count). The van der Waals surface area contributed by atoms with E-state index in [1.54, 1.807) is 0 Å².